The van der Waals surface area contributed by atoms with Gasteiger partial charge in [-0.1, -0.05) is 6.08 Å². The molecule has 2 nitrogen and oxygen atoms in total. The number of phenolic OH excluding ortho intramolecular Hbond substituents is 1. The molecular formula is C9H8BrF2NO. The maximum Gasteiger partial charge on any atom is 0.149 e. The van der Waals surface area contributed by atoms with Gasteiger partial charge in [-0.15, -0.1) is 6.58 Å². The van der Waals surface area contributed by atoms with Crippen LogP contribution in [0.25, 0.3) is 0 Å². The zero-order valence-corrected chi connectivity index (χ0v) is 8.68. The van der Waals surface area contributed by atoms with Gasteiger partial charge in [-0.25, -0.2) is 8.78 Å². The van der Waals surface area contributed by atoms with Crippen LogP contribution in [-0.2, 0) is 0 Å². The van der Waals surface area contributed by atoms with Gasteiger partial charge in [-0.05, 0) is 15.9 Å². The molecule has 0 saturated heterocycles. The summed E-state index contributed by atoms with van der Waals surface area (Å²) in [4.78, 5) is 0. The third kappa shape index (κ3) is 1.78. The quantitative estimate of drug-likeness (QED) is 0.637. The highest BCUT2D eigenvalue weighted by Gasteiger charge is 2.19. The summed E-state index contributed by atoms with van der Waals surface area (Å²) < 4.78 is 25.9. The van der Waals surface area contributed by atoms with Gasteiger partial charge in [0.2, 0.25) is 0 Å². The van der Waals surface area contributed by atoms with Crippen molar-refractivity contribution in [1.82, 2.24) is 0 Å². The second kappa shape index (κ2) is 4.06. The molecule has 0 aliphatic carbocycles. The van der Waals surface area contributed by atoms with Gasteiger partial charge in [0.25, 0.3) is 0 Å². The molecule has 1 aromatic rings. The Balaban J connectivity index is 3.43. The van der Waals surface area contributed by atoms with Gasteiger partial charge in [0.15, 0.2) is 0 Å². The lowest BCUT2D eigenvalue weighted by Gasteiger charge is -2.11. The van der Waals surface area contributed by atoms with E-state index in [1.54, 1.807) is 0 Å². The Bertz CT molecular complexity index is 382. The van der Waals surface area contributed by atoms with Gasteiger partial charge in [0.1, 0.15) is 17.4 Å². The van der Waals surface area contributed by atoms with Crippen molar-refractivity contribution < 1.29 is 13.9 Å². The van der Waals surface area contributed by atoms with Crippen LogP contribution in [0.5, 0.6) is 5.75 Å². The SMILES string of the molecule is C=CC(N)c1c(O)cc(F)c(Br)c1F. The van der Waals surface area contributed by atoms with E-state index in [-0.39, 0.29) is 10.0 Å². The van der Waals surface area contributed by atoms with E-state index in [9.17, 15) is 13.9 Å². The van der Waals surface area contributed by atoms with E-state index in [1.165, 1.54) is 6.08 Å². The summed E-state index contributed by atoms with van der Waals surface area (Å²) in [5.74, 6) is -2.30. The summed E-state index contributed by atoms with van der Waals surface area (Å²) in [7, 11) is 0. The van der Waals surface area contributed by atoms with E-state index in [0.717, 1.165) is 6.07 Å². The van der Waals surface area contributed by atoms with Crippen LogP contribution in [0.1, 0.15) is 11.6 Å². The standard InChI is InChI=1S/C9H8BrF2NO/c1-2-5(13)7-6(14)3-4(11)8(10)9(7)12/h2-3,5,14H,1,13H2. The maximum atomic E-state index is 13.4. The van der Waals surface area contributed by atoms with Crippen molar-refractivity contribution >= 4 is 15.9 Å². The Morgan fingerprint density at radius 3 is 2.64 bits per heavy atom. The molecule has 0 radical (unpaired) electrons. The average Bonchev–Trinajstić information content (AvgIpc) is 2.14. The second-order valence-corrected chi connectivity index (χ2v) is 3.47. The Kier molecular flexibility index (Phi) is 3.23. The number of benzene rings is 1. The predicted molar refractivity (Wildman–Crippen MR) is 52.8 cm³/mol. The molecule has 1 rings (SSSR count). The summed E-state index contributed by atoms with van der Waals surface area (Å²) in [6.45, 7) is 3.36. The Morgan fingerprint density at radius 1 is 1.57 bits per heavy atom. The number of halogens is 3. The summed E-state index contributed by atoms with van der Waals surface area (Å²) >= 11 is 2.71. The summed E-state index contributed by atoms with van der Waals surface area (Å²) in [6, 6.07) is -0.0711. The van der Waals surface area contributed by atoms with E-state index in [4.69, 9.17) is 5.73 Å². The monoisotopic (exact) mass is 263 g/mol. The molecule has 5 heteroatoms. The molecule has 3 N–H and O–H groups in total. The molecule has 0 heterocycles. The van der Waals surface area contributed by atoms with Crippen molar-refractivity contribution in [2.24, 2.45) is 5.73 Å². The number of hydrogen-bond donors (Lipinski definition) is 2. The van der Waals surface area contributed by atoms with E-state index in [0.29, 0.717) is 0 Å². The Labute approximate surface area is 88.2 Å². The first-order valence-electron chi connectivity index (χ1n) is 3.73. The largest absolute Gasteiger partial charge is 0.507 e. The van der Waals surface area contributed by atoms with Gasteiger partial charge in [-0.3, -0.25) is 0 Å². The highest BCUT2D eigenvalue weighted by Crippen LogP contribution is 2.33. The summed E-state index contributed by atoms with van der Waals surface area (Å²) in [5.41, 5.74) is 5.28. The van der Waals surface area contributed by atoms with Crippen molar-refractivity contribution in [3.8, 4) is 5.75 Å². The van der Waals surface area contributed by atoms with Gasteiger partial charge in [0.05, 0.1) is 16.1 Å². The predicted octanol–water partition coefficient (Wildman–Crippen LogP) is 2.62. The van der Waals surface area contributed by atoms with Crippen molar-refractivity contribution in [3.63, 3.8) is 0 Å². The zero-order valence-electron chi connectivity index (χ0n) is 7.10. The van der Waals surface area contributed by atoms with Crippen LogP contribution in [0.4, 0.5) is 8.78 Å². The van der Waals surface area contributed by atoms with Crippen molar-refractivity contribution in [1.29, 1.82) is 0 Å². The fraction of sp³-hybridized carbons (Fsp3) is 0.111. The highest BCUT2D eigenvalue weighted by atomic mass is 79.9. The van der Waals surface area contributed by atoms with E-state index in [1.807, 2.05) is 0 Å². The molecule has 0 aliphatic rings. The van der Waals surface area contributed by atoms with Crippen molar-refractivity contribution in [2.45, 2.75) is 6.04 Å². The number of phenols is 1. The van der Waals surface area contributed by atoms with Gasteiger partial charge in [-0.2, -0.15) is 0 Å². The molecule has 1 aromatic carbocycles. The highest BCUT2D eigenvalue weighted by molar-refractivity contribution is 9.10. The lowest BCUT2D eigenvalue weighted by molar-refractivity contribution is 0.444. The number of aromatic hydroxyl groups is 1. The molecule has 0 aliphatic heterocycles. The van der Waals surface area contributed by atoms with Crippen molar-refractivity contribution in [3.05, 3.63) is 40.4 Å². The molecule has 1 unspecified atom stereocenters. The van der Waals surface area contributed by atoms with Crippen molar-refractivity contribution in [2.75, 3.05) is 0 Å². The van der Waals surface area contributed by atoms with Gasteiger partial charge < -0.3 is 10.8 Å². The number of hydrogen-bond acceptors (Lipinski definition) is 2. The fourth-order valence-electron chi connectivity index (χ4n) is 1.03. The molecule has 0 saturated carbocycles. The molecule has 0 aromatic heterocycles. The zero-order chi connectivity index (χ0) is 10.9. The number of nitrogens with two attached hydrogens (primary N) is 1. The molecule has 0 amide bonds. The fourth-order valence-corrected chi connectivity index (χ4v) is 1.36. The van der Waals surface area contributed by atoms with E-state index >= 15 is 0 Å². The van der Waals surface area contributed by atoms with Gasteiger partial charge >= 0.3 is 0 Å². The first-order chi connectivity index (χ1) is 6.49. The minimum absolute atomic E-state index is 0.173. The molecule has 0 bridgehead atoms. The third-order valence-corrected chi connectivity index (χ3v) is 2.49. The van der Waals surface area contributed by atoms with E-state index < -0.39 is 23.4 Å². The first kappa shape index (κ1) is 11.1. The number of rotatable bonds is 2. The Hall–Kier alpha value is -0.940. The van der Waals surface area contributed by atoms with Crippen LogP contribution in [0.15, 0.2) is 23.2 Å². The smallest absolute Gasteiger partial charge is 0.149 e. The lowest BCUT2D eigenvalue weighted by atomic mass is 10.1. The van der Waals surface area contributed by atoms with E-state index in [2.05, 4.69) is 22.5 Å². The van der Waals surface area contributed by atoms with Crippen LogP contribution >= 0.6 is 15.9 Å². The molecule has 0 spiro atoms. The van der Waals surface area contributed by atoms with Gasteiger partial charge in [0, 0.05) is 6.07 Å². The second-order valence-electron chi connectivity index (χ2n) is 2.68. The molecule has 0 fully saturated rings. The topological polar surface area (TPSA) is 46.2 Å². The Morgan fingerprint density at radius 2 is 2.14 bits per heavy atom. The molecular weight excluding hydrogens is 256 g/mol. The third-order valence-electron chi connectivity index (χ3n) is 1.77. The minimum Gasteiger partial charge on any atom is -0.507 e. The summed E-state index contributed by atoms with van der Waals surface area (Å²) in [5, 5.41) is 9.27. The maximum absolute atomic E-state index is 13.4. The first-order valence-corrected chi connectivity index (χ1v) is 4.52. The molecule has 76 valence electrons. The minimum atomic E-state index is -0.908. The normalized spacial score (nSPS) is 12.6. The summed E-state index contributed by atoms with van der Waals surface area (Å²) in [6.07, 6.45) is 1.25. The average molecular weight is 264 g/mol. The van der Waals surface area contributed by atoms with Crippen LogP contribution in [0.2, 0.25) is 0 Å². The van der Waals surface area contributed by atoms with Crippen LogP contribution in [0.3, 0.4) is 0 Å². The van der Waals surface area contributed by atoms with Crippen LogP contribution in [-0.4, -0.2) is 5.11 Å². The van der Waals surface area contributed by atoms with Crippen LogP contribution in [0, 0.1) is 11.6 Å². The molecule has 14 heavy (non-hydrogen) atoms. The molecule has 1 atom stereocenters. The lowest BCUT2D eigenvalue weighted by Crippen LogP contribution is -2.10. The van der Waals surface area contributed by atoms with Crippen LogP contribution < -0.4 is 5.73 Å².